The van der Waals surface area contributed by atoms with Crippen LogP contribution in [0.15, 0.2) is 48.8 Å². The molecule has 1 aromatic carbocycles. The van der Waals surface area contributed by atoms with Crippen molar-refractivity contribution in [1.29, 1.82) is 0 Å². The molecule has 2 N–H and O–H groups in total. The molecule has 4 atom stereocenters. The highest BCUT2D eigenvalue weighted by Gasteiger charge is 2.50. The highest BCUT2D eigenvalue weighted by Crippen LogP contribution is 2.60. The van der Waals surface area contributed by atoms with E-state index in [9.17, 15) is 18.7 Å². The second-order valence-corrected chi connectivity index (χ2v) is 13.6. The molecule has 2 fully saturated rings. The van der Waals surface area contributed by atoms with Crippen molar-refractivity contribution >= 4 is 5.91 Å². The minimum Gasteiger partial charge on any atom is -0.485 e. The fraction of sp³-hybridized carbons (Fsp3) is 0.514. The molecule has 6 rings (SSSR count). The minimum absolute atomic E-state index is 0.0800. The average molecular weight is 606 g/mol. The van der Waals surface area contributed by atoms with E-state index < -0.39 is 29.7 Å². The maximum Gasteiger partial charge on any atom is 0.246 e. The summed E-state index contributed by atoms with van der Waals surface area (Å²) in [4.78, 5) is 21.9. The molecule has 3 heterocycles. The third-order valence-electron chi connectivity index (χ3n) is 9.76. The van der Waals surface area contributed by atoms with Crippen LogP contribution in [0.25, 0.3) is 11.3 Å². The first kappa shape index (κ1) is 30.6. The Kier molecular flexibility index (Phi) is 8.46. The van der Waals surface area contributed by atoms with Crippen molar-refractivity contribution in [2.75, 3.05) is 13.7 Å². The number of aliphatic hydroxyl groups is 1. The van der Waals surface area contributed by atoms with Crippen molar-refractivity contribution in [2.45, 2.75) is 94.8 Å². The molecule has 1 amide bonds. The summed E-state index contributed by atoms with van der Waals surface area (Å²) in [7, 11) is 1.41. The number of hydrogen-bond acceptors (Lipinski definition) is 6. The third kappa shape index (κ3) is 6.49. The second-order valence-electron chi connectivity index (χ2n) is 13.6. The van der Waals surface area contributed by atoms with Crippen LogP contribution in [0.2, 0.25) is 0 Å². The molecule has 3 aromatic rings. The van der Waals surface area contributed by atoms with Gasteiger partial charge in [-0.1, -0.05) is 13.8 Å². The summed E-state index contributed by atoms with van der Waals surface area (Å²) in [5, 5.41) is 14.3. The Balaban J connectivity index is 1.30. The molecule has 2 saturated carbocycles. The van der Waals surface area contributed by atoms with E-state index in [1.165, 1.54) is 19.2 Å². The van der Waals surface area contributed by atoms with E-state index in [1.807, 2.05) is 12.1 Å². The number of fused-ring (bicyclic) bond motifs is 1. The molecule has 0 radical (unpaired) electrons. The van der Waals surface area contributed by atoms with Gasteiger partial charge in [0.25, 0.3) is 0 Å². The average Bonchev–Trinajstić information content (AvgIpc) is 3.61. The molecule has 1 aliphatic heterocycles. The van der Waals surface area contributed by atoms with Gasteiger partial charge in [-0.3, -0.25) is 9.78 Å². The van der Waals surface area contributed by atoms with Crippen molar-refractivity contribution in [2.24, 2.45) is 5.41 Å². The third-order valence-corrected chi connectivity index (χ3v) is 9.76. The van der Waals surface area contributed by atoms with Crippen LogP contribution in [0.4, 0.5) is 8.78 Å². The van der Waals surface area contributed by atoms with Crippen LogP contribution >= 0.6 is 0 Å². The van der Waals surface area contributed by atoms with Gasteiger partial charge in [0.05, 0.1) is 12.1 Å². The van der Waals surface area contributed by atoms with Gasteiger partial charge in [0.2, 0.25) is 5.91 Å². The van der Waals surface area contributed by atoms with Crippen molar-refractivity contribution in [3.8, 4) is 17.0 Å². The van der Waals surface area contributed by atoms with Gasteiger partial charge in [0.15, 0.2) is 0 Å². The summed E-state index contributed by atoms with van der Waals surface area (Å²) in [6.07, 6.45) is 8.68. The summed E-state index contributed by atoms with van der Waals surface area (Å²) >= 11 is 0. The Morgan fingerprint density at radius 1 is 1.14 bits per heavy atom. The molecular formula is C35H41F2N3O4. The number of rotatable bonds is 11. The van der Waals surface area contributed by atoms with E-state index in [0.717, 1.165) is 66.4 Å². The summed E-state index contributed by atoms with van der Waals surface area (Å²) in [6.45, 7) is 4.35. The number of pyridine rings is 2. The molecule has 0 saturated heterocycles. The van der Waals surface area contributed by atoms with Crippen LogP contribution in [0.3, 0.4) is 0 Å². The molecule has 3 aliphatic rings. The summed E-state index contributed by atoms with van der Waals surface area (Å²) in [6, 6.07) is 8.68. The van der Waals surface area contributed by atoms with Crippen LogP contribution in [0.5, 0.6) is 5.75 Å². The molecule has 1 spiro atoms. The SMILES string of the molecule is COCC(=O)N[C@@H](Cc1cc(F)cc(F)c1)[C@H](O)CCC1CC2(CCC2)Oc2c1cc([C@@H]1CC1(C)C)nc2-c1ccncc1. The minimum atomic E-state index is -0.950. The Morgan fingerprint density at radius 2 is 1.84 bits per heavy atom. The molecule has 9 heteroatoms. The zero-order chi connectivity index (χ0) is 31.1. The van der Waals surface area contributed by atoms with Crippen LogP contribution in [0, 0.1) is 17.0 Å². The number of nitrogens with zero attached hydrogens (tertiary/aromatic N) is 2. The predicted molar refractivity (Wildman–Crippen MR) is 162 cm³/mol. The van der Waals surface area contributed by atoms with Crippen LogP contribution in [-0.2, 0) is 16.0 Å². The molecule has 7 nitrogen and oxygen atoms in total. The fourth-order valence-electron chi connectivity index (χ4n) is 7.01. The van der Waals surface area contributed by atoms with Crippen LogP contribution in [-0.4, -0.2) is 52.4 Å². The van der Waals surface area contributed by atoms with Crippen molar-refractivity contribution in [1.82, 2.24) is 15.3 Å². The number of methoxy groups -OCH3 is 1. The number of aliphatic hydroxyl groups excluding tert-OH is 1. The van der Waals surface area contributed by atoms with E-state index in [4.69, 9.17) is 14.5 Å². The van der Waals surface area contributed by atoms with Gasteiger partial charge in [-0.2, -0.15) is 0 Å². The molecule has 1 unspecified atom stereocenters. The number of halogens is 2. The lowest BCUT2D eigenvalue weighted by Gasteiger charge is -2.48. The molecule has 234 valence electrons. The number of carbonyl (C=O) groups excluding carboxylic acids is 1. The molecule has 0 bridgehead atoms. The van der Waals surface area contributed by atoms with Crippen molar-refractivity contribution in [3.63, 3.8) is 0 Å². The highest BCUT2D eigenvalue weighted by atomic mass is 19.1. The number of benzene rings is 1. The van der Waals surface area contributed by atoms with Crippen molar-refractivity contribution < 1.29 is 28.2 Å². The normalized spacial score (nSPS) is 22.3. The Hall–Kier alpha value is -3.43. The first-order valence-electron chi connectivity index (χ1n) is 15.6. The largest absolute Gasteiger partial charge is 0.485 e. The molecule has 44 heavy (non-hydrogen) atoms. The fourth-order valence-corrected chi connectivity index (χ4v) is 7.01. The zero-order valence-electron chi connectivity index (χ0n) is 25.6. The summed E-state index contributed by atoms with van der Waals surface area (Å²) in [5.74, 6) is -0.498. The number of aromatic nitrogens is 2. The van der Waals surface area contributed by atoms with E-state index >= 15 is 0 Å². The maximum atomic E-state index is 14.0. The number of carbonyl (C=O) groups is 1. The highest BCUT2D eigenvalue weighted by molar-refractivity contribution is 5.77. The number of amides is 1. The van der Waals surface area contributed by atoms with E-state index in [2.05, 4.69) is 30.2 Å². The Morgan fingerprint density at radius 3 is 2.45 bits per heavy atom. The molecule has 2 aromatic heterocycles. The summed E-state index contributed by atoms with van der Waals surface area (Å²) < 4.78 is 39.7. The van der Waals surface area contributed by atoms with E-state index in [-0.39, 0.29) is 30.0 Å². The van der Waals surface area contributed by atoms with Gasteiger partial charge >= 0.3 is 0 Å². The lowest BCUT2D eigenvalue weighted by molar-refractivity contribution is -0.126. The van der Waals surface area contributed by atoms with Gasteiger partial charge in [-0.15, -0.1) is 0 Å². The lowest BCUT2D eigenvalue weighted by atomic mass is 9.69. The van der Waals surface area contributed by atoms with E-state index in [0.29, 0.717) is 24.3 Å². The van der Waals surface area contributed by atoms with Gasteiger partial charge in [0, 0.05) is 48.3 Å². The first-order chi connectivity index (χ1) is 21.1. The Bertz CT molecular complexity index is 1490. The van der Waals surface area contributed by atoms with Gasteiger partial charge in [-0.05, 0) is 98.6 Å². The predicted octanol–water partition coefficient (Wildman–Crippen LogP) is 6.24. The van der Waals surface area contributed by atoms with E-state index in [1.54, 1.807) is 12.4 Å². The first-order valence-corrected chi connectivity index (χ1v) is 15.6. The monoisotopic (exact) mass is 605 g/mol. The lowest BCUT2D eigenvalue weighted by Crippen LogP contribution is -2.48. The van der Waals surface area contributed by atoms with Crippen molar-refractivity contribution in [3.05, 3.63) is 77.2 Å². The van der Waals surface area contributed by atoms with Gasteiger partial charge in [0.1, 0.15) is 35.3 Å². The smallest absolute Gasteiger partial charge is 0.246 e. The quantitative estimate of drug-likeness (QED) is 0.269. The number of ether oxygens (including phenoxy) is 2. The topological polar surface area (TPSA) is 93.6 Å². The van der Waals surface area contributed by atoms with Gasteiger partial charge < -0.3 is 19.9 Å². The second kappa shape index (κ2) is 12.2. The number of nitrogens with one attached hydrogen (secondary N) is 1. The Labute approximate surface area is 257 Å². The standard InChI is InChI=1S/C35H41F2N3O4/c1-34(2)19-27(34)28-17-26-23(18-35(9-4-10-35)44-33(26)32(40-28)22-7-11-38-12-8-22)5-6-30(41)29(39-31(42)20-43-3)15-21-13-24(36)16-25(37)14-21/h7-8,11-14,16-17,23,27,29-30,41H,4-6,9-10,15,18-20H2,1-3H3,(H,39,42)/t23?,27-,29-,30+/m0/s1. The zero-order valence-corrected chi connectivity index (χ0v) is 25.6. The summed E-state index contributed by atoms with van der Waals surface area (Å²) in [5.41, 5.74) is 4.29. The van der Waals surface area contributed by atoms with Crippen LogP contribution < -0.4 is 10.1 Å². The molecular weight excluding hydrogens is 564 g/mol. The molecule has 2 aliphatic carbocycles. The number of hydrogen-bond donors (Lipinski definition) is 2. The van der Waals surface area contributed by atoms with Crippen LogP contribution in [0.1, 0.15) is 87.4 Å². The maximum absolute atomic E-state index is 14.0. The van der Waals surface area contributed by atoms with Gasteiger partial charge in [-0.25, -0.2) is 13.8 Å².